The summed E-state index contributed by atoms with van der Waals surface area (Å²) < 4.78 is 19.4. The Hall–Kier alpha value is -1.54. The smallest absolute Gasteiger partial charge is 0.138 e. The van der Waals surface area contributed by atoms with Crippen LogP contribution in [0.15, 0.2) is 34.2 Å². The third-order valence-electron chi connectivity index (χ3n) is 2.45. The fraction of sp³-hybridized carbons (Fsp3) is 0.143. The van der Waals surface area contributed by atoms with Gasteiger partial charge in [-0.05, 0) is 37.6 Å². The Balaban J connectivity index is 2.86. The molecule has 2 rings (SSSR count). The molecule has 0 saturated heterocycles. The molecule has 0 aliphatic carbocycles. The van der Waals surface area contributed by atoms with Gasteiger partial charge in [0.2, 0.25) is 0 Å². The Kier molecular flexibility index (Phi) is 3.07. The number of hydrogen-bond donors (Lipinski definition) is 0. The summed E-state index contributed by atoms with van der Waals surface area (Å²) >= 11 is 5.83. The second-order valence-corrected chi connectivity index (χ2v) is 4.56. The van der Waals surface area contributed by atoms with E-state index in [0.717, 1.165) is 5.57 Å². The van der Waals surface area contributed by atoms with E-state index in [1.54, 1.807) is 25.1 Å². The number of rotatable bonds is 2. The molecule has 0 aliphatic heterocycles. The van der Waals surface area contributed by atoms with Gasteiger partial charge in [-0.1, -0.05) is 24.2 Å². The third kappa shape index (κ3) is 2.13. The van der Waals surface area contributed by atoms with E-state index in [9.17, 15) is 4.39 Å². The van der Waals surface area contributed by atoms with E-state index in [4.69, 9.17) is 16.0 Å². The largest absolute Gasteiger partial charge is 0.456 e. The normalized spacial score (nSPS) is 12.1. The molecule has 0 bridgehead atoms. The summed E-state index contributed by atoms with van der Waals surface area (Å²) in [5.41, 5.74) is 1.93. The van der Waals surface area contributed by atoms with Crippen molar-refractivity contribution >= 4 is 34.2 Å². The maximum Gasteiger partial charge on any atom is 0.138 e. The molecule has 1 aromatic heterocycles. The lowest BCUT2D eigenvalue weighted by molar-refractivity contribution is 0.599. The lowest BCUT2D eigenvalue weighted by atomic mass is 10.0. The number of allylic oxidation sites excluding steroid dienone is 2. The minimum atomic E-state index is -0.309. The first kappa shape index (κ1) is 11.9. The van der Waals surface area contributed by atoms with Gasteiger partial charge in [-0.25, -0.2) is 4.39 Å². The summed E-state index contributed by atoms with van der Waals surface area (Å²) in [4.78, 5) is 0. The van der Waals surface area contributed by atoms with Crippen LogP contribution >= 0.6 is 11.6 Å². The number of furan rings is 1. The van der Waals surface area contributed by atoms with Crippen molar-refractivity contribution in [3.8, 4) is 0 Å². The van der Waals surface area contributed by atoms with Gasteiger partial charge in [0, 0.05) is 10.6 Å². The Morgan fingerprint density at radius 2 is 2.12 bits per heavy atom. The molecule has 0 unspecified atom stereocenters. The highest BCUT2D eigenvalue weighted by Crippen LogP contribution is 2.34. The molecule has 0 aliphatic rings. The summed E-state index contributed by atoms with van der Waals surface area (Å²) in [7, 11) is 0. The van der Waals surface area contributed by atoms with Gasteiger partial charge in [0.25, 0.3) is 0 Å². The van der Waals surface area contributed by atoms with Crippen molar-refractivity contribution in [1.82, 2.24) is 0 Å². The first-order chi connectivity index (χ1) is 8.00. The van der Waals surface area contributed by atoms with E-state index in [1.807, 2.05) is 6.92 Å². The Labute approximate surface area is 104 Å². The molecule has 0 atom stereocenters. The molecule has 1 nitrogen and oxygen atoms in total. The maximum absolute atomic E-state index is 13.8. The summed E-state index contributed by atoms with van der Waals surface area (Å²) in [5, 5.41) is 1.04. The zero-order valence-electron chi connectivity index (χ0n) is 9.68. The monoisotopic (exact) mass is 250 g/mol. The minimum Gasteiger partial charge on any atom is -0.456 e. The van der Waals surface area contributed by atoms with Gasteiger partial charge in [-0.3, -0.25) is 0 Å². The van der Waals surface area contributed by atoms with Crippen molar-refractivity contribution in [3.63, 3.8) is 0 Å². The molecule has 0 fully saturated rings. The SMILES string of the molecule is C=C(C)c1c(/C=C(\C)Cl)oc2cccc(F)c12. The number of benzene rings is 1. The van der Waals surface area contributed by atoms with Gasteiger partial charge in [0.15, 0.2) is 0 Å². The Morgan fingerprint density at radius 3 is 2.71 bits per heavy atom. The average molecular weight is 251 g/mol. The van der Waals surface area contributed by atoms with Crippen LogP contribution in [0.5, 0.6) is 0 Å². The predicted octanol–water partition coefficient (Wildman–Crippen LogP) is 5.20. The van der Waals surface area contributed by atoms with Crippen molar-refractivity contribution in [1.29, 1.82) is 0 Å². The second kappa shape index (κ2) is 4.38. The summed E-state index contributed by atoms with van der Waals surface area (Å²) in [5.74, 6) is 0.237. The summed E-state index contributed by atoms with van der Waals surface area (Å²) in [6.07, 6.45) is 1.67. The van der Waals surface area contributed by atoms with Crippen LogP contribution in [0.3, 0.4) is 0 Å². The van der Waals surface area contributed by atoms with Gasteiger partial charge in [0.1, 0.15) is 17.2 Å². The van der Waals surface area contributed by atoms with Crippen LogP contribution in [-0.4, -0.2) is 0 Å². The first-order valence-electron chi connectivity index (χ1n) is 5.21. The van der Waals surface area contributed by atoms with Crippen molar-refractivity contribution in [2.45, 2.75) is 13.8 Å². The number of fused-ring (bicyclic) bond motifs is 1. The van der Waals surface area contributed by atoms with E-state index in [0.29, 0.717) is 27.3 Å². The molecule has 0 N–H and O–H groups in total. The molecular formula is C14H12ClFO. The van der Waals surface area contributed by atoms with Gasteiger partial charge in [-0.15, -0.1) is 0 Å². The van der Waals surface area contributed by atoms with Crippen LogP contribution in [0, 0.1) is 5.82 Å². The van der Waals surface area contributed by atoms with Gasteiger partial charge >= 0.3 is 0 Å². The Morgan fingerprint density at radius 1 is 1.41 bits per heavy atom. The lowest BCUT2D eigenvalue weighted by Gasteiger charge is -1.98. The molecule has 88 valence electrons. The predicted molar refractivity (Wildman–Crippen MR) is 70.4 cm³/mol. The molecule has 0 spiro atoms. The van der Waals surface area contributed by atoms with E-state index in [1.165, 1.54) is 6.07 Å². The van der Waals surface area contributed by atoms with Crippen molar-refractivity contribution in [2.75, 3.05) is 0 Å². The third-order valence-corrected chi connectivity index (χ3v) is 2.56. The molecule has 0 radical (unpaired) electrons. The van der Waals surface area contributed by atoms with Crippen molar-refractivity contribution in [2.24, 2.45) is 0 Å². The second-order valence-electron chi connectivity index (χ2n) is 3.97. The van der Waals surface area contributed by atoms with Crippen LogP contribution in [0.4, 0.5) is 4.39 Å². The highest BCUT2D eigenvalue weighted by Gasteiger charge is 2.16. The zero-order chi connectivity index (χ0) is 12.6. The number of hydrogen-bond acceptors (Lipinski definition) is 1. The topological polar surface area (TPSA) is 13.1 Å². The highest BCUT2D eigenvalue weighted by atomic mass is 35.5. The first-order valence-corrected chi connectivity index (χ1v) is 5.59. The van der Waals surface area contributed by atoms with E-state index >= 15 is 0 Å². The fourth-order valence-corrected chi connectivity index (χ4v) is 1.93. The Bertz CT molecular complexity index is 618. The molecule has 3 heteroatoms. The molecule has 2 aromatic rings. The van der Waals surface area contributed by atoms with Crippen LogP contribution in [-0.2, 0) is 0 Å². The average Bonchev–Trinajstić information content (AvgIpc) is 2.56. The standard InChI is InChI=1S/C14H12ClFO/c1-8(2)13-12(7-9(3)15)17-11-6-4-5-10(16)14(11)13/h4-7H,1H2,2-3H3/b9-7+. The van der Waals surface area contributed by atoms with Crippen LogP contribution < -0.4 is 0 Å². The fourth-order valence-electron chi connectivity index (χ4n) is 1.83. The summed E-state index contributed by atoms with van der Waals surface area (Å²) in [6.45, 7) is 7.42. The minimum absolute atomic E-state index is 0.309. The van der Waals surface area contributed by atoms with E-state index in [-0.39, 0.29) is 5.82 Å². The van der Waals surface area contributed by atoms with Crippen LogP contribution in [0.1, 0.15) is 25.2 Å². The number of halogens is 2. The van der Waals surface area contributed by atoms with Gasteiger partial charge in [0.05, 0.1) is 5.39 Å². The van der Waals surface area contributed by atoms with Crippen LogP contribution in [0.25, 0.3) is 22.6 Å². The molecule has 17 heavy (non-hydrogen) atoms. The van der Waals surface area contributed by atoms with Gasteiger partial charge in [-0.2, -0.15) is 0 Å². The van der Waals surface area contributed by atoms with Crippen LogP contribution in [0.2, 0.25) is 0 Å². The molecule has 1 heterocycles. The summed E-state index contributed by atoms with van der Waals surface area (Å²) in [6, 6.07) is 4.75. The maximum atomic E-state index is 13.8. The molecule has 0 saturated carbocycles. The lowest BCUT2D eigenvalue weighted by Crippen LogP contribution is -1.82. The molecule has 0 amide bonds. The quantitative estimate of drug-likeness (QED) is 0.714. The van der Waals surface area contributed by atoms with Gasteiger partial charge < -0.3 is 4.42 Å². The zero-order valence-corrected chi connectivity index (χ0v) is 10.4. The molecule has 1 aromatic carbocycles. The van der Waals surface area contributed by atoms with Crippen molar-refractivity contribution < 1.29 is 8.81 Å². The van der Waals surface area contributed by atoms with Crippen molar-refractivity contribution in [3.05, 3.63) is 47.0 Å². The van der Waals surface area contributed by atoms with E-state index < -0.39 is 0 Å². The van der Waals surface area contributed by atoms with E-state index in [2.05, 4.69) is 6.58 Å². The highest BCUT2D eigenvalue weighted by molar-refractivity contribution is 6.31. The molecular weight excluding hydrogens is 239 g/mol.